The van der Waals surface area contributed by atoms with Gasteiger partial charge in [0.1, 0.15) is 6.61 Å². The van der Waals surface area contributed by atoms with Gasteiger partial charge in [-0.15, -0.1) is 0 Å². The molecule has 0 aromatic carbocycles. The number of nitrogens with zero attached hydrogens (tertiary/aromatic N) is 3. The molecule has 1 aromatic rings. The standard InChI is InChI=1S/C15H25N3O5S/c1-21-11-14-16-13(17-23-14)9-12-3-8-22-15(10-12)4-6-18(7-5-15)24(2,19)20/h12H,3-11H2,1-2H3. The van der Waals surface area contributed by atoms with Gasteiger partial charge in [-0.1, -0.05) is 5.16 Å². The zero-order chi connectivity index (χ0) is 17.2. The molecule has 1 unspecified atom stereocenters. The Morgan fingerprint density at radius 1 is 1.38 bits per heavy atom. The van der Waals surface area contributed by atoms with Gasteiger partial charge < -0.3 is 14.0 Å². The Kier molecular flexibility index (Phi) is 5.24. The van der Waals surface area contributed by atoms with Crippen LogP contribution in [0.25, 0.3) is 0 Å². The summed E-state index contributed by atoms with van der Waals surface area (Å²) in [6, 6.07) is 0. The van der Waals surface area contributed by atoms with Crippen molar-refractivity contribution in [2.24, 2.45) is 5.92 Å². The highest BCUT2D eigenvalue weighted by molar-refractivity contribution is 7.88. The third-order valence-corrected chi connectivity index (χ3v) is 6.25. The van der Waals surface area contributed by atoms with Crippen LogP contribution in [0.5, 0.6) is 0 Å². The first-order valence-electron chi connectivity index (χ1n) is 8.30. The van der Waals surface area contributed by atoms with E-state index >= 15 is 0 Å². The lowest BCUT2D eigenvalue weighted by Gasteiger charge is -2.45. The molecule has 1 aromatic heterocycles. The molecule has 2 aliphatic heterocycles. The first-order chi connectivity index (χ1) is 11.4. The van der Waals surface area contributed by atoms with Crippen molar-refractivity contribution in [1.82, 2.24) is 14.4 Å². The molecule has 9 heteroatoms. The topological polar surface area (TPSA) is 94.8 Å². The highest BCUT2D eigenvalue weighted by Gasteiger charge is 2.42. The molecule has 24 heavy (non-hydrogen) atoms. The summed E-state index contributed by atoms with van der Waals surface area (Å²) >= 11 is 0. The van der Waals surface area contributed by atoms with E-state index in [2.05, 4.69) is 10.1 Å². The maximum absolute atomic E-state index is 11.7. The molecule has 2 saturated heterocycles. The Labute approximate surface area is 142 Å². The number of hydrogen-bond donors (Lipinski definition) is 0. The average molecular weight is 359 g/mol. The molecule has 136 valence electrons. The monoisotopic (exact) mass is 359 g/mol. The minimum atomic E-state index is -3.11. The molecule has 2 fully saturated rings. The Bertz CT molecular complexity index is 652. The maximum Gasteiger partial charge on any atom is 0.252 e. The van der Waals surface area contributed by atoms with E-state index in [4.69, 9.17) is 14.0 Å². The highest BCUT2D eigenvalue weighted by Crippen LogP contribution is 2.39. The van der Waals surface area contributed by atoms with Crippen LogP contribution in [0.1, 0.15) is 37.4 Å². The van der Waals surface area contributed by atoms with Crippen LogP contribution in [0.15, 0.2) is 4.52 Å². The van der Waals surface area contributed by atoms with Crippen LogP contribution in [-0.4, -0.2) is 61.5 Å². The molecule has 0 amide bonds. The molecular weight excluding hydrogens is 334 g/mol. The van der Waals surface area contributed by atoms with Crippen LogP contribution < -0.4 is 0 Å². The smallest absolute Gasteiger partial charge is 0.252 e. The minimum Gasteiger partial charge on any atom is -0.375 e. The van der Waals surface area contributed by atoms with Gasteiger partial charge in [-0.05, 0) is 31.6 Å². The second-order valence-electron chi connectivity index (χ2n) is 6.79. The van der Waals surface area contributed by atoms with Crippen LogP contribution in [0.4, 0.5) is 0 Å². The van der Waals surface area contributed by atoms with Gasteiger partial charge in [0, 0.05) is 33.2 Å². The number of piperidine rings is 1. The van der Waals surface area contributed by atoms with Crippen molar-refractivity contribution < 1.29 is 22.4 Å². The zero-order valence-electron chi connectivity index (χ0n) is 14.2. The second kappa shape index (κ2) is 7.07. The fourth-order valence-electron chi connectivity index (χ4n) is 3.69. The summed E-state index contributed by atoms with van der Waals surface area (Å²) in [5.41, 5.74) is -0.205. The van der Waals surface area contributed by atoms with E-state index in [1.165, 1.54) is 6.26 Å². The zero-order valence-corrected chi connectivity index (χ0v) is 15.0. The van der Waals surface area contributed by atoms with Crippen LogP contribution in [0.2, 0.25) is 0 Å². The molecule has 8 nitrogen and oxygen atoms in total. The van der Waals surface area contributed by atoms with Crippen molar-refractivity contribution in [2.45, 2.75) is 44.3 Å². The lowest BCUT2D eigenvalue weighted by atomic mass is 9.78. The van der Waals surface area contributed by atoms with Crippen molar-refractivity contribution in [3.63, 3.8) is 0 Å². The molecule has 0 N–H and O–H groups in total. The summed E-state index contributed by atoms with van der Waals surface area (Å²) in [5.74, 6) is 1.63. The molecule has 0 aliphatic carbocycles. The molecule has 0 saturated carbocycles. The fourth-order valence-corrected chi connectivity index (χ4v) is 4.54. The molecule has 3 heterocycles. The Morgan fingerprint density at radius 2 is 2.12 bits per heavy atom. The second-order valence-corrected chi connectivity index (χ2v) is 8.78. The van der Waals surface area contributed by atoms with Crippen LogP contribution in [0, 0.1) is 5.92 Å². The summed E-state index contributed by atoms with van der Waals surface area (Å²) in [4.78, 5) is 4.34. The third-order valence-electron chi connectivity index (χ3n) is 4.95. The molecule has 2 aliphatic rings. The summed E-state index contributed by atoms with van der Waals surface area (Å²) in [7, 11) is -1.52. The lowest BCUT2D eigenvalue weighted by molar-refractivity contribution is -0.120. The normalized spacial score (nSPS) is 25.2. The van der Waals surface area contributed by atoms with Gasteiger partial charge in [0.05, 0.1) is 11.9 Å². The molecule has 1 atom stereocenters. The minimum absolute atomic E-state index is 0.205. The number of rotatable bonds is 5. The average Bonchev–Trinajstić information content (AvgIpc) is 2.94. The van der Waals surface area contributed by atoms with Crippen molar-refractivity contribution in [2.75, 3.05) is 33.1 Å². The van der Waals surface area contributed by atoms with Gasteiger partial charge >= 0.3 is 0 Å². The van der Waals surface area contributed by atoms with Crippen LogP contribution in [0.3, 0.4) is 0 Å². The largest absolute Gasteiger partial charge is 0.375 e. The predicted molar refractivity (Wildman–Crippen MR) is 85.8 cm³/mol. The number of hydrogen-bond acceptors (Lipinski definition) is 7. The highest BCUT2D eigenvalue weighted by atomic mass is 32.2. The van der Waals surface area contributed by atoms with E-state index in [0.717, 1.165) is 32.1 Å². The summed E-state index contributed by atoms with van der Waals surface area (Å²) in [6.07, 6.45) is 5.40. The first-order valence-corrected chi connectivity index (χ1v) is 10.1. The maximum atomic E-state index is 11.7. The van der Waals surface area contributed by atoms with E-state index in [1.54, 1.807) is 11.4 Å². The van der Waals surface area contributed by atoms with Gasteiger partial charge in [-0.25, -0.2) is 12.7 Å². The quantitative estimate of drug-likeness (QED) is 0.773. The SMILES string of the molecule is COCc1nc(CC2CCOC3(CCN(S(C)(=O)=O)CC3)C2)no1. The Morgan fingerprint density at radius 3 is 2.79 bits per heavy atom. The van der Waals surface area contributed by atoms with Gasteiger partial charge in [0.15, 0.2) is 5.82 Å². The van der Waals surface area contributed by atoms with Crippen molar-refractivity contribution in [1.29, 1.82) is 0 Å². The van der Waals surface area contributed by atoms with Gasteiger partial charge in [0.2, 0.25) is 10.0 Å². The fraction of sp³-hybridized carbons (Fsp3) is 0.867. The van der Waals surface area contributed by atoms with E-state index in [9.17, 15) is 8.42 Å². The van der Waals surface area contributed by atoms with Gasteiger partial charge in [0.25, 0.3) is 5.89 Å². The lowest BCUT2D eigenvalue weighted by Crippen LogP contribution is -2.50. The Hall–Kier alpha value is -1.03. The number of ether oxygens (including phenoxy) is 2. The van der Waals surface area contributed by atoms with Gasteiger partial charge in [-0.3, -0.25) is 0 Å². The predicted octanol–water partition coefficient (Wildman–Crippen LogP) is 0.979. The van der Waals surface area contributed by atoms with Gasteiger partial charge in [-0.2, -0.15) is 4.98 Å². The van der Waals surface area contributed by atoms with E-state index in [1.807, 2.05) is 0 Å². The first kappa shape index (κ1) is 17.8. The van der Waals surface area contributed by atoms with Crippen molar-refractivity contribution >= 4 is 10.0 Å². The molecule has 0 radical (unpaired) electrons. The summed E-state index contributed by atoms with van der Waals surface area (Å²) in [5, 5.41) is 4.01. The van der Waals surface area contributed by atoms with Crippen LogP contribution in [-0.2, 0) is 32.5 Å². The third kappa shape index (κ3) is 4.14. The summed E-state index contributed by atoms with van der Waals surface area (Å²) in [6.45, 7) is 2.09. The number of methoxy groups -OCH3 is 1. The Balaban J connectivity index is 1.58. The molecule has 3 rings (SSSR count). The molecular formula is C15H25N3O5S. The van der Waals surface area contributed by atoms with Crippen molar-refractivity contribution in [3.05, 3.63) is 11.7 Å². The van der Waals surface area contributed by atoms with E-state index in [-0.39, 0.29) is 5.60 Å². The molecule has 1 spiro atoms. The van der Waals surface area contributed by atoms with E-state index in [0.29, 0.717) is 43.9 Å². The number of sulfonamides is 1. The van der Waals surface area contributed by atoms with E-state index < -0.39 is 10.0 Å². The summed E-state index contributed by atoms with van der Waals surface area (Å²) < 4.78 is 41.1. The van der Waals surface area contributed by atoms with Crippen molar-refractivity contribution in [3.8, 4) is 0 Å². The number of aromatic nitrogens is 2. The molecule has 0 bridgehead atoms. The van der Waals surface area contributed by atoms with Crippen LogP contribution >= 0.6 is 0 Å².